The van der Waals surface area contributed by atoms with Crippen molar-refractivity contribution in [2.24, 2.45) is 5.92 Å². The third-order valence-electron chi connectivity index (χ3n) is 4.91. The van der Waals surface area contributed by atoms with Gasteiger partial charge in [-0.3, -0.25) is 9.59 Å². The molecular weight excluding hydrogens is 348 g/mol. The summed E-state index contributed by atoms with van der Waals surface area (Å²) in [4.78, 5) is 24.2. The Morgan fingerprint density at radius 3 is 2.58 bits per heavy atom. The number of benzene rings is 1. The summed E-state index contributed by atoms with van der Waals surface area (Å²) in [5, 5.41) is 6.31. The smallest absolute Gasteiger partial charge is 0.220 e. The lowest BCUT2D eigenvalue weighted by Crippen LogP contribution is -2.38. The summed E-state index contributed by atoms with van der Waals surface area (Å²) in [7, 11) is 0. The third kappa shape index (κ3) is 8.33. The van der Waals surface area contributed by atoms with Gasteiger partial charge in [0.2, 0.25) is 5.91 Å². The van der Waals surface area contributed by atoms with E-state index in [1.807, 2.05) is 24.3 Å². The number of hydrogen-bond acceptors (Lipinski definition) is 3. The fraction of sp³-hybridized carbons (Fsp3) is 0.619. The van der Waals surface area contributed by atoms with E-state index in [1.165, 1.54) is 31.2 Å². The number of nitrogens with one attached hydrogen (secondary N) is 2. The van der Waals surface area contributed by atoms with Crippen molar-refractivity contribution in [1.29, 1.82) is 0 Å². The van der Waals surface area contributed by atoms with Gasteiger partial charge in [0.15, 0.2) is 5.78 Å². The molecule has 2 N–H and O–H groups in total. The lowest BCUT2D eigenvalue weighted by atomic mass is 9.99. The van der Waals surface area contributed by atoms with E-state index in [4.69, 9.17) is 0 Å². The number of aryl methyl sites for hydroxylation is 1. The predicted octanol–water partition coefficient (Wildman–Crippen LogP) is 3.92. The molecule has 0 saturated carbocycles. The van der Waals surface area contributed by atoms with Crippen LogP contribution in [0, 0.1) is 5.92 Å². The van der Waals surface area contributed by atoms with Gasteiger partial charge in [0.25, 0.3) is 0 Å². The first-order chi connectivity index (χ1) is 12.2. The van der Waals surface area contributed by atoms with E-state index in [2.05, 4.69) is 17.6 Å². The molecule has 1 aliphatic rings. The summed E-state index contributed by atoms with van der Waals surface area (Å²) in [6.45, 7) is 4.97. The molecule has 0 aliphatic carbocycles. The molecule has 2 rings (SSSR count). The van der Waals surface area contributed by atoms with Crippen LogP contribution >= 0.6 is 12.4 Å². The molecule has 1 saturated heterocycles. The second-order valence-corrected chi connectivity index (χ2v) is 7.09. The Morgan fingerprint density at radius 1 is 1.15 bits per heavy atom. The van der Waals surface area contributed by atoms with Gasteiger partial charge in [0.1, 0.15) is 0 Å². The molecule has 4 nitrogen and oxygen atoms in total. The average molecular weight is 381 g/mol. The number of amides is 1. The summed E-state index contributed by atoms with van der Waals surface area (Å²) in [6, 6.07) is 7.88. The summed E-state index contributed by atoms with van der Waals surface area (Å²) in [5.74, 6) is 0.554. The molecule has 5 heteroatoms. The van der Waals surface area contributed by atoms with Crippen molar-refractivity contribution < 1.29 is 9.59 Å². The van der Waals surface area contributed by atoms with Gasteiger partial charge in [-0.15, -0.1) is 12.4 Å². The Bertz CT molecular complexity index is 539. The fourth-order valence-electron chi connectivity index (χ4n) is 3.25. The highest BCUT2D eigenvalue weighted by Crippen LogP contribution is 2.12. The molecule has 1 heterocycles. The van der Waals surface area contributed by atoms with Crippen LogP contribution in [0.4, 0.5) is 0 Å². The van der Waals surface area contributed by atoms with Gasteiger partial charge in [-0.2, -0.15) is 0 Å². The first kappa shape index (κ1) is 22.7. The van der Waals surface area contributed by atoms with Crippen molar-refractivity contribution in [3.05, 3.63) is 35.4 Å². The maximum absolute atomic E-state index is 12.2. The van der Waals surface area contributed by atoms with Gasteiger partial charge in [0.05, 0.1) is 0 Å². The summed E-state index contributed by atoms with van der Waals surface area (Å²) in [5.41, 5.74) is 1.99. The maximum Gasteiger partial charge on any atom is 0.220 e. The van der Waals surface area contributed by atoms with Gasteiger partial charge >= 0.3 is 0 Å². The largest absolute Gasteiger partial charge is 0.356 e. The molecule has 1 amide bonds. The lowest BCUT2D eigenvalue weighted by Gasteiger charge is -2.22. The van der Waals surface area contributed by atoms with E-state index >= 15 is 0 Å². The van der Waals surface area contributed by atoms with Crippen LogP contribution in [0.3, 0.4) is 0 Å². The minimum absolute atomic E-state index is 0. The number of carbonyl (C=O) groups is 2. The van der Waals surface area contributed by atoms with Gasteiger partial charge in [0, 0.05) is 24.9 Å². The van der Waals surface area contributed by atoms with E-state index in [0.717, 1.165) is 25.9 Å². The minimum Gasteiger partial charge on any atom is -0.356 e. The number of halogens is 1. The van der Waals surface area contributed by atoms with E-state index in [9.17, 15) is 9.59 Å². The lowest BCUT2D eigenvalue weighted by molar-refractivity contribution is -0.121. The highest BCUT2D eigenvalue weighted by molar-refractivity contribution is 5.97. The summed E-state index contributed by atoms with van der Waals surface area (Å²) in [6.07, 6.45) is 7.62. The summed E-state index contributed by atoms with van der Waals surface area (Å²) < 4.78 is 0. The van der Waals surface area contributed by atoms with Gasteiger partial charge < -0.3 is 10.6 Å². The highest BCUT2D eigenvalue weighted by atomic mass is 35.5. The second kappa shape index (κ2) is 12.9. The van der Waals surface area contributed by atoms with Crippen LogP contribution in [0.15, 0.2) is 24.3 Å². The number of carbonyl (C=O) groups excluding carboxylic acids is 2. The van der Waals surface area contributed by atoms with Gasteiger partial charge in [-0.1, -0.05) is 44.0 Å². The number of rotatable bonds is 10. The van der Waals surface area contributed by atoms with Crippen LogP contribution in [-0.4, -0.2) is 31.3 Å². The molecule has 0 radical (unpaired) electrons. The molecule has 1 aromatic carbocycles. The van der Waals surface area contributed by atoms with Gasteiger partial charge in [-0.05, 0) is 50.3 Å². The molecule has 146 valence electrons. The number of unbranched alkanes of at least 4 members (excludes halogenated alkanes) is 2. The molecule has 0 bridgehead atoms. The Morgan fingerprint density at radius 2 is 1.92 bits per heavy atom. The fourth-order valence-corrected chi connectivity index (χ4v) is 3.25. The quantitative estimate of drug-likeness (QED) is 0.477. The number of piperidine rings is 1. The molecule has 0 spiro atoms. The van der Waals surface area contributed by atoms with Crippen molar-refractivity contribution in [2.75, 3.05) is 19.6 Å². The predicted molar refractivity (Wildman–Crippen MR) is 109 cm³/mol. The van der Waals surface area contributed by atoms with Crippen LogP contribution in [0.25, 0.3) is 0 Å². The van der Waals surface area contributed by atoms with Crippen LogP contribution in [0.1, 0.15) is 67.8 Å². The minimum atomic E-state index is -0.0184. The van der Waals surface area contributed by atoms with Crippen molar-refractivity contribution in [2.45, 2.75) is 58.3 Å². The van der Waals surface area contributed by atoms with Crippen LogP contribution in [0.5, 0.6) is 0 Å². The van der Waals surface area contributed by atoms with E-state index in [-0.39, 0.29) is 36.9 Å². The Labute approximate surface area is 163 Å². The number of ketones is 1. The van der Waals surface area contributed by atoms with Gasteiger partial charge in [-0.25, -0.2) is 0 Å². The second-order valence-electron chi connectivity index (χ2n) is 7.09. The SMILES string of the molecule is CCCCCc1ccc(C(=O)CCC(=O)NCC2CCCNC2)cc1.Cl. The van der Waals surface area contributed by atoms with Crippen LogP contribution in [0.2, 0.25) is 0 Å². The standard InChI is InChI=1S/C21H32N2O2.ClH/c1-2-3-4-6-17-8-10-19(11-9-17)20(24)12-13-21(25)23-16-18-7-5-14-22-15-18;/h8-11,18,22H,2-7,12-16H2,1H3,(H,23,25);1H. The topological polar surface area (TPSA) is 58.2 Å². The first-order valence-electron chi connectivity index (χ1n) is 9.78. The Balaban J connectivity index is 0.00000338. The third-order valence-corrected chi connectivity index (χ3v) is 4.91. The Kier molecular flexibility index (Phi) is 11.2. The number of hydrogen-bond donors (Lipinski definition) is 2. The number of Topliss-reactive ketones (excluding diaryl/α,β-unsaturated/α-hetero) is 1. The molecule has 1 atom stereocenters. The molecule has 26 heavy (non-hydrogen) atoms. The molecule has 0 aromatic heterocycles. The van der Waals surface area contributed by atoms with E-state index in [1.54, 1.807) is 0 Å². The van der Waals surface area contributed by atoms with E-state index in [0.29, 0.717) is 18.0 Å². The first-order valence-corrected chi connectivity index (χ1v) is 9.78. The van der Waals surface area contributed by atoms with Crippen LogP contribution in [-0.2, 0) is 11.2 Å². The van der Waals surface area contributed by atoms with E-state index < -0.39 is 0 Å². The molecular formula is C21H33ClN2O2. The van der Waals surface area contributed by atoms with Crippen molar-refractivity contribution in [3.8, 4) is 0 Å². The maximum atomic E-state index is 12.2. The molecule has 1 fully saturated rings. The van der Waals surface area contributed by atoms with Crippen molar-refractivity contribution in [3.63, 3.8) is 0 Å². The average Bonchev–Trinajstić information content (AvgIpc) is 2.66. The molecule has 1 aromatic rings. The molecule has 1 unspecified atom stereocenters. The van der Waals surface area contributed by atoms with Crippen molar-refractivity contribution in [1.82, 2.24) is 10.6 Å². The van der Waals surface area contributed by atoms with Crippen LogP contribution < -0.4 is 10.6 Å². The highest BCUT2D eigenvalue weighted by Gasteiger charge is 2.14. The zero-order valence-corrected chi connectivity index (χ0v) is 16.7. The normalized spacial score (nSPS) is 16.6. The zero-order valence-electron chi connectivity index (χ0n) is 15.9. The monoisotopic (exact) mass is 380 g/mol. The van der Waals surface area contributed by atoms with Crippen molar-refractivity contribution >= 4 is 24.1 Å². The zero-order chi connectivity index (χ0) is 17.9. The summed E-state index contributed by atoms with van der Waals surface area (Å²) >= 11 is 0. The molecule has 1 aliphatic heterocycles. The Hall–Kier alpha value is -1.39.